The molecule has 0 unspecified atom stereocenters. The first kappa shape index (κ1) is 12.3. The van der Waals surface area contributed by atoms with Crippen LogP contribution >= 0.6 is 0 Å². The lowest BCUT2D eigenvalue weighted by Crippen LogP contribution is -2.08. The molecule has 0 amide bonds. The lowest BCUT2D eigenvalue weighted by molar-refractivity contribution is -0.136. The maximum atomic E-state index is 12.8. The van der Waals surface area contributed by atoms with Crippen LogP contribution in [0.1, 0.15) is 15.9 Å². The normalized spacial score (nSPS) is 11.6. The third kappa shape index (κ3) is 2.01. The van der Waals surface area contributed by atoms with E-state index in [1.165, 1.54) is 18.2 Å². The fraction of sp³-hybridized carbons (Fsp3) is 0.167. The van der Waals surface area contributed by atoms with Crippen LogP contribution in [0.25, 0.3) is 10.9 Å². The van der Waals surface area contributed by atoms with Crippen molar-refractivity contribution in [2.45, 2.75) is 6.18 Å². The fourth-order valence-corrected chi connectivity index (χ4v) is 1.70. The number of alkyl halides is 3. The maximum absolute atomic E-state index is 12.8. The molecule has 0 saturated heterocycles. The SMILES string of the molecule is COC(=O)c1cccc2c(C(F)(F)F)ccnc12. The van der Waals surface area contributed by atoms with Crippen molar-refractivity contribution in [2.24, 2.45) is 0 Å². The van der Waals surface area contributed by atoms with E-state index >= 15 is 0 Å². The van der Waals surface area contributed by atoms with Gasteiger partial charge in [0, 0.05) is 11.6 Å². The highest BCUT2D eigenvalue weighted by molar-refractivity contribution is 6.03. The van der Waals surface area contributed by atoms with Crippen molar-refractivity contribution in [1.82, 2.24) is 4.98 Å². The molecule has 0 saturated carbocycles. The highest BCUT2D eigenvalue weighted by Crippen LogP contribution is 2.34. The minimum atomic E-state index is -4.49. The van der Waals surface area contributed by atoms with E-state index in [1.807, 2.05) is 0 Å². The molecular weight excluding hydrogens is 247 g/mol. The second-order valence-electron chi connectivity index (χ2n) is 3.55. The van der Waals surface area contributed by atoms with Gasteiger partial charge >= 0.3 is 12.1 Å². The molecular formula is C12H8F3NO2. The van der Waals surface area contributed by atoms with E-state index in [0.29, 0.717) is 0 Å². The number of nitrogens with zero attached hydrogens (tertiary/aromatic N) is 1. The second-order valence-corrected chi connectivity index (χ2v) is 3.55. The lowest BCUT2D eigenvalue weighted by atomic mass is 10.0. The highest BCUT2D eigenvalue weighted by Gasteiger charge is 2.33. The first-order valence-corrected chi connectivity index (χ1v) is 4.98. The number of hydrogen-bond donors (Lipinski definition) is 0. The maximum Gasteiger partial charge on any atom is 0.417 e. The minimum absolute atomic E-state index is 0.0147. The summed E-state index contributed by atoms with van der Waals surface area (Å²) in [6.45, 7) is 0. The van der Waals surface area contributed by atoms with Gasteiger partial charge in [-0.25, -0.2) is 4.79 Å². The number of rotatable bonds is 1. The predicted octanol–water partition coefficient (Wildman–Crippen LogP) is 3.04. The molecule has 2 aromatic rings. The van der Waals surface area contributed by atoms with Gasteiger partial charge in [-0.3, -0.25) is 4.98 Å². The Balaban J connectivity index is 2.78. The van der Waals surface area contributed by atoms with Crippen LogP contribution in [-0.2, 0) is 10.9 Å². The summed E-state index contributed by atoms with van der Waals surface area (Å²) in [5.41, 5.74) is -0.821. The number of aromatic nitrogens is 1. The fourth-order valence-electron chi connectivity index (χ4n) is 1.70. The van der Waals surface area contributed by atoms with Gasteiger partial charge in [-0.15, -0.1) is 0 Å². The summed E-state index contributed by atoms with van der Waals surface area (Å²) < 4.78 is 42.9. The molecule has 94 valence electrons. The summed E-state index contributed by atoms with van der Waals surface area (Å²) in [6.07, 6.45) is -3.46. The molecule has 0 spiro atoms. The quantitative estimate of drug-likeness (QED) is 0.735. The van der Waals surface area contributed by atoms with Crippen LogP contribution in [0.2, 0.25) is 0 Å². The number of benzene rings is 1. The molecule has 1 aromatic carbocycles. The standard InChI is InChI=1S/C12H8F3NO2/c1-18-11(17)8-4-2-3-7-9(12(13,14)15)5-6-16-10(7)8/h2-6H,1H3. The van der Waals surface area contributed by atoms with Gasteiger partial charge in [-0.05, 0) is 12.1 Å². The molecule has 6 heteroatoms. The summed E-state index contributed by atoms with van der Waals surface area (Å²) >= 11 is 0. The van der Waals surface area contributed by atoms with E-state index < -0.39 is 17.7 Å². The van der Waals surface area contributed by atoms with Crippen LogP contribution < -0.4 is 0 Å². The number of pyridine rings is 1. The van der Waals surface area contributed by atoms with E-state index in [2.05, 4.69) is 9.72 Å². The van der Waals surface area contributed by atoms with Gasteiger partial charge in [-0.1, -0.05) is 12.1 Å². The number of fused-ring (bicyclic) bond motifs is 1. The van der Waals surface area contributed by atoms with Gasteiger partial charge in [0.15, 0.2) is 0 Å². The zero-order valence-electron chi connectivity index (χ0n) is 9.28. The zero-order valence-corrected chi connectivity index (χ0v) is 9.28. The molecule has 3 nitrogen and oxygen atoms in total. The summed E-state index contributed by atoms with van der Waals surface area (Å²) in [7, 11) is 1.16. The van der Waals surface area contributed by atoms with E-state index in [1.54, 1.807) is 0 Å². The minimum Gasteiger partial charge on any atom is -0.465 e. The van der Waals surface area contributed by atoms with Crippen molar-refractivity contribution in [3.05, 3.63) is 41.6 Å². The molecule has 18 heavy (non-hydrogen) atoms. The number of halogens is 3. The Morgan fingerprint density at radius 1 is 1.28 bits per heavy atom. The van der Waals surface area contributed by atoms with Crippen LogP contribution in [0.4, 0.5) is 13.2 Å². The Hall–Kier alpha value is -2.11. The highest BCUT2D eigenvalue weighted by atomic mass is 19.4. The number of carbonyl (C=O) groups is 1. The van der Waals surface area contributed by atoms with Gasteiger partial charge in [-0.2, -0.15) is 13.2 Å². The van der Waals surface area contributed by atoms with Gasteiger partial charge in [0.05, 0.1) is 23.8 Å². The third-order valence-electron chi connectivity index (χ3n) is 2.48. The largest absolute Gasteiger partial charge is 0.465 e. The first-order chi connectivity index (χ1) is 8.45. The van der Waals surface area contributed by atoms with Crippen LogP contribution in [0.5, 0.6) is 0 Å². The summed E-state index contributed by atoms with van der Waals surface area (Å²) in [4.78, 5) is 15.3. The summed E-state index contributed by atoms with van der Waals surface area (Å²) in [5.74, 6) is -0.715. The zero-order chi connectivity index (χ0) is 13.3. The number of ether oxygens (including phenoxy) is 1. The van der Waals surface area contributed by atoms with Gasteiger partial charge in [0.1, 0.15) is 0 Å². The Morgan fingerprint density at radius 2 is 2.00 bits per heavy atom. The topological polar surface area (TPSA) is 39.2 Å². The molecule has 0 aliphatic carbocycles. The second kappa shape index (κ2) is 4.29. The van der Waals surface area contributed by atoms with Crippen molar-refractivity contribution in [2.75, 3.05) is 7.11 Å². The molecule has 0 radical (unpaired) electrons. The van der Waals surface area contributed by atoms with Crippen molar-refractivity contribution in [1.29, 1.82) is 0 Å². The first-order valence-electron chi connectivity index (χ1n) is 4.98. The van der Waals surface area contributed by atoms with Crippen LogP contribution in [-0.4, -0.2) is 18.1 Å². The molecule has 0 N–H and O–H groups in total. The molecule has 1 heterocycles. The molecule has 1 aromatic heterocycles. The van der Waals surface area contributed by atoms with Crippen molar-refractivity contribution >= 4 is 16.9 Å². The summed E-state index contributed by atoms with van der Waals surface area (Å²) in [6, 6.07) is 4.90. The van der Waals surface area contributed by atoms with Gasteiger partial charge in [0.2, 0.25) is 0 Å². The molecule has 0 fully saturated rings. The van der Waals surface area contributed by atoms with Crippen molar-refractivity contribution in [3.63, 3.8) is 0 Å². The Bertz CT molecular complexity index is 608. The molecule has 0 aliphatic rings. The average Bonchev–Trinajstić information content (AvgIpc) is 2.35. The number of carbonyl (C=O) groups excluding carboxylic acids is 1. The van der Waals surface area contributed by atoms with Crippen LogP contribution in [0.15, 0.2) is 30.5 Å². The molecule has 2 rings (SSSR count). The number of methoxy groups -OCH3 is 1. The van der Waals surface area contributed by atoms with E-state index in [9.17, 15) is 18.0 Å². The van der Waals surface area contributed by atoms with Crippen LogP contribution in [0, 0.1) is 0 Å². The third-order valence-corrected chi connectivity index (χ3v) is 2.48. The Kier molecular flexibility index (Phi) is 2.94. The van der Waals surface area contributed by atoms with Gasteiger partial charge < -0.3 is 4.74 Å². The average molecular weight is 255 g/mol. The van der Waals surface area contributed by atoms with E-state index in [-0.39, 0.29) is 16.5 Å². The molecule has 0 aliphatic heterocycles. The Labute approximate surface area is 100 Å². The predicted molar refractivity (Wildman–Crippen MR) is 58.1 cm³/mol. The number of esters is 1. The molecule has 0 bridgehead atoms. The van der Waals surface area contributed by atoms with Gasteiger partial charge in [0.25, 0.3) is 0 Å². The van der Waals surface area contributed by atoms with Crippen molar-refractivity contribution in [3.8, 4) is 0 Å². The molecule has 0 atom stereocenters. The monoisotopic (exact) mass is 255 g/mol. The van der Waals surface area contributed by atoms with E-state index in [4.69, 9.17) is 0 Å². The smallest absolute Gasteiger partial charge is 0.417 e. The Morgan fingerprint density at radius 3 is 2.61 bits per heavy atom. The number of hydrogen-bond acceptors (Lipinski definition) is 3. The van der Waals surface area contributed by atoms with E-state index in [0.717, 1.165) is 19.4 Å². The van der Waals surface area contributed by atoms with Crippen molar-refractivity contribution < 1.29 is 22.7 Å². The summed E-state index contributed by atoms with van der Waals surface area (Å²) in [5, 5.41) is -0.118. The lowest BCUT2D eigenvalue weighted by Gasteiger charge is -2.11. The number of para-hydroxylation sites is 1. The van der Waals surface area contributed by atoms with Crippen LogP contribution in [0.3, 0.4) is 0 Å².